The number of aliphatic hydroxyl groups excluding tert-OH is 1. The van der Waals surface area contributed by atoms with E-state index in [-0.39, 0.29) is 19.4 Å². The van der Waals surface area contributed by atoms with Crippen LogP contribution in [0.15, 0.2) is 54.7 Å². The van der Waals surface area contributed by atoms with Crippen LogP contribution >= 0.6 is 0 Å². The number of rotatable bonds is 4. The first-order valence-electron chi connectivity index (χ1n) is 9.10. The second kappa shape index (κ2) is 7.16. The Morgan fingerprint density at radius 1 is 1.21 bits per heavy atom. The van der Waals surface area contributed by atoms with E-state index >= 15 is 0 Å². The van der Waals surface area contributed by atoms with Crippen molar-refractivity contribution in [2.45, 2.75) is 18.9 Å². The molecule has 1 aliphatic heterocycles. The molecule has 0 spiro atoms. The molecule has 0 amide bonds. The second-order valence-electron chi connectivity index (χ2n) is 7.21. The summed E-state index contributed by atoms with van der Waals surface area (Å²) in [4.78, 5) is 23.1. The molecule has 0 bridgehead atoms. The van der Waals surface area contributed by atoms with Crippen molar-refractivity contribution < 1.29 is 19.4 Å². The summed E-state index contributed by atoms with van der Waals surface area (Å²) in [5.74, 6) is -0.973. The molecule has 2 atom stereocenters. The number of fused-ring (bicyclic) bond motifs is 1. The number of carboxylic acids is 1. The molecule has 4 rings (SSSR count). The Morgan fingerprint density at radius 2 is 2.00 bits per heavy atom. The predicted octanol–water partition coefficient (Wildman–Crippen LogP) is 2.65. The standard InChI is InChI=1S/C21H20FN3O3/c22-15-5-3-4-14(10-15)11-21(20(27)28)13-25(9-8-18(21)26)19-12-23-16-6-1-2-7-17(16)24-19/h1-7,10,12,18,26H,8-9,11,13H2,(H,27,28)/t18-,21+/m0/s1. The number of carbonyl (C=O) groups is 1. The van der Waals surface area contributed by atoms with Gasteiger partial charge in [-0.1, -0.05) is 24.3 Å². The van der Waals surface area contributed by atoms with Gasteiger partial charge in [-0.15, -0.1) is 0 Å². The highest BCUT2D eigenvalue weighted by Gasteiger charge is 2.49. The quantitative estimate of drug-likeness (QED) is 0.723. The van der Waals surface area contributed by atoms with Gasteiger partial charge in [0.1, 0.15) is 17.1 Å². The average Bonchev–Trinajstić information content (AvgIpc) is 2.69. The normalized spacial score (nSPS) is 22.4. The number of benzene rings is 2. The zero-order valence-corrected chi connectivity index (χ0v) is 15.1. The third-order valence-corrected chi connectivity index (χ3v) is 5.38. The molecule has 2 heterocycles. The molecule has 0 radical (unpaired) electrons. The van der Waals surface area contributed by atoms with Crippen molar-refractivity contribution in [1.29, 1.82) is 0 Å². The molecule has 2 aromatic carbocycles. The summed E-state index contributed by atoms with van der Waals surface area (Å²) in [6, 6.07) is 13.3. The van der Waals surface area contributed by atoms with Crippen molar-refractivity contribution in [1.82, 2.24) is 9.97 Å². The lowest BCUT2D eigenvalue weighted by Crippen LogP contribution is -2.57. The molecule has 0 aliphatic carbocycles. The number of aromatic nitrogens is 2. The Hall–Kier alpha value is -3.06. The van der Waals surface area contributed by atoms with E-state index in [9.17, 15) is 19.4 Å². The van der Waals surface area contributed by atoms with Gasteiger partial charge >= 0.3 is 5.97 Å². The highest BCUT2D eigenvalue weighted by Crippen LogP contribution is 2.36. The molecular formula is C21H20FN3O3. The fourth-order valence-corrected chi connectivity index (χ4v) is 3.85. The van der Waals surface area contributed by atoms with E-state index in [0.717, 1.165) is 11.0 Å². The fraction of sp³-hybridized carbons (Fsp3) is 0.286. The lowest BCUT2D eigenvalue weighted by atomic mass is 9.73. The lowest BCUT2D eigenvalue weighted by Gasteiger charge is -2.43. The third-order valence-electron chi connectivity index (χ3n) is 5.38. The van der Waals surface area contributed by atoms with Crippen molar-refractivity contribution in [3.05, 3.63) is 66.1 Å². The van der Waals surface area contributed by atoms with E-state index in [1.807, 2.05) is 29.2 Å². The first-order chi connectivity index (χ1) is 13.5. The summed E-state index contributed by atoms with van der Waals surface area (Å²) in [5.41, 5.74) is 0.553. The first kappa shape index (κ1) is 18.3. The van der Waals surface area contributed by atoms with Crippen molar-refractivity contribution >= 4 is 22.8 Å². The van der Waals surface area contributed by atoms with Crippen LogP contribution in [0.3, 0.4) is 0 Å². The summed E-state index contributed by atoms with van der Waals surface area (Å²) in [6.07, 6.45) is 0.877. The van der Waals surface area contributed by atoms with Crippen LogP contribution in [0.25, 0.3) is 11.0 Å². The van der Waals surface area contributed by atoms with Crippen LogP contribution in [0, 0.1) is 11.2 Å². The van der Waals surface area contributed by atoms with Crippen LogP contribution < -0.4 is 4.90 Å². The van der Waals surface area contributed by atoms with E-state index in [1.165, 1.54) is 12.1 Å². The number of nitrogens with zero attached hydrogens (tertiary/aromatic N) is 3. The van der Waals surface area contributed by atoms with Crippen LogP contribution in [-0.2, 0) is 11.2 Å². The number of para-hydroxylation sites is 2. The van der Waals surface area contributed by atoms with Crippen LogP contribution in [0.4, 0.5) is 10.2 Å². The molecule has 28 heavy (non-hydrogen) atoms. The number of anilines is 1. The summed E-state index contributed by atoms with van der Waals surface area (Å²) < 4.78 is 13.6. The Balaban J connectivity index is 1.68. The molecule has 0 saturated carbocycles. The number of halogens is 1. The molecule has 144 valence electrons. The monoisotopic (exact) mass is 381 g/mol. The maximum Gasteiger partial charge on any atom is 0.314 e. The number of aliphatic hydroxyl groups is 1. The number of carboxylic acid groups (broad SMARTS) is 1. The van der Waals surface area contributed by atoms with Gasteiger partial charge in [-0.05, 0) is 42.7 Å². The van der Waals surface area contributed by atoms with Gasteiger partial charge in [0, 0.05) is 13.1 Å². The summed E-state index contributed by atoms with van der Waals surface area (Å²) in [5, 5.41) is 20.6. The van der Waals surface area contributed by atoms with E-state index in [2.05, 4.69) is 9.97 Å². The molecule has 3 aromatic rings. The number of aliphatic carboxylic acids is 1. The van der Waals surface area contributed by atoms with Gasteiger partial charge in [0.05, 0.1) is 23.3 Å². The first-order valence-corrected chi connectivity index (χ1v) is 9.10. The molecule has 7 heteroatoms. The van der Waals surface area contributed by atoms with Gasteiger partial charge in [0.25, 0.3) is 0 Å². The Bertz CT molecular complexity index is 1030. The third kappa shape index (κ3) is 3.29. The lowest BCUT2D eigenvalue weighted by molar-refractivity contribution is -0.157. The van der Waals surface area contributed by atoms with Gasteiger partial charge in [0.2, 0.25) is 0 Å². The van der Waals surface area contributed by atoms with Crippen LogP contribution in [-0.4, -0.2) is 45.3 Å². The summed E-state index contributed by atoms with van der Waals surface area (Å²) in [7, 11) is 0. The van der Waals surface area contributed by atoms with Gasteiger partial charge < -0.3 is 15.1 Å². The highest BCUT2D eigenvalue weighted by atomic mass is 19.1. The van der Waals surface area contributed by atoms with Crippen LogP contribution in [0.2, 0.25) is 0 Å². The molecule has 2 N–H and O–H groups in total. The topological polar surface area (TPSA) is 86.5 Å². The second-order valence-corrected chi connectivity index (χ2v) is 7.21. The van der Waals surface area contributed by atoms with E-state index < -0.39 is 23.3 Å². The van der Waals surface area contributed by atoms with Gasteiger partial charge in [-0.25, -0.2) is 9.37 Å². The fourth-order valence-electron chi connectivity index (χ4n) is 3.85. The van der Waals surface area contributed by atoms with Crippen molar-refractivity contribution in [3.63, 3.8) is 0 Å². The summed E-state index contributed by atoms with van der Waals surface area (Å²) >= 11 is 0. The number of hydrogen-bond acceptors (Lipinski definition) is 5. The molecule has 1 fully saturated rings. The predicted molar refractivity (Wildman–Crippen MR) is 103 cm³/mol. The van der Waals surface area contributed by atoms with E-state index in [0.29, 0.717) is 17.9 Å². The highest BCUT2D eigenvalue weighted by molar-refractivity contribution is 5.78. The zero-order chi connectivity index (χ0) is 19.7. The van der Waals surface area contributed by atoms with Crippen LogP contribution in [0.1, 0.15) is 12.0 Å². The molecule has 0 unspecified atom stereocenters. The maximum atomic E-state index is 13.6. The average molecular weight is 381 g/mol. The zero-order valence-electron chi connectivity index (χ0n) is 15.1. The Morgan fingerprint density at radius 3 is 2.75 bits per heavy atom. The SMILES string of the molecule is O=C(O)[C@]1(Cc2cccc(F)c2)CN(c2cnc3ccccc3n2)CC[C@@H]1O. The van der Waals surface area contributed by atoms with Crippen molar-refractivity contribution in [2.75, 3.05) is 18.0 Å². The molecule has 1 aliphatic rings. The number of piperidine rings is 1. The van der Waals surface area contributed by atoms with Crippen LogP contribution in [0.5, 0.6) is 0 Å². The van der Waals surface area contributed by atoms with Gasteiger partial charge in [-0.2, -0.15) is 0 Å². The molecule has 1 aromatic heterocycles. The molecule has 1 saturated heterocycles. The number of hydrogen-bond donors (Lipinski definition) is 2. The Labute approximate surface area is 161 Å². The van der Waals surface area contributed by atoms with E-state index in [1.54, 1.807) is 18.3 Å². The van der Waals surface area contributed by atoms with Gasteiger partial charge in [-0.3, -0.25) is 9.78 Å². The minimum Gasteiger partial charge on any atom is -0.481 e. The largest absolute Gasteiger partial charge is 0.481 e. The molecular weight excluding hydrogens is 361 g/mol. The maximum absolute atomic E-state index is 13.6. The summed E-state index contributed by atoms with van der Waals surface area (Å²) in [6.45, 7) is 0.527. The Kier molecular flexibility index (Phi) is 4.68. The minimum atomic E-state index is -1.46. The van der Waals surface area contributed by atoms with E-state index in [4.69, 9.17) is 0 Å². The molecule has 6 nitrogen and oxygen atoms in total. The smallest absolute Gasteiger partial charge is 0.314 e. The van der Waals surface area contributed by atoms with Gasteiger partial charge in [0.15, 0.2) is 0 Å². The minimum absolute atomic E-state index is 0.0266. The van der Waals surface area contributed by atoms with Crippen molar-refractivity contribution in [3.8, 4) is 0 Å². The van der Waals surface area contributed by atoms with Crippen molar-refractivity contribution in [2.24, 2.45) is 5.41 Å².